The summed E-state index contributed by atoms with van der Waals surface area (Å²) in [6, 6.07) is 2.10. The van der Waals surface area contributed by atoms with Crippen molar-refractivity contribution in [3.63, 3.8) is 0 Å². The molecule has 0 atom stereocenters. The maximum atomic E-state index is 4.23. The zero-order chi connectivity index (χ0) is 13.6. The minimum atomic E-state index is 0. The Kier molecular flexibility index (Phi) is 8.56. The SMILES string of the molecule is CN=C(NCc1ccn(C)c1)NCC(C)(C)SC.I. The second-order valence-electron chi connectivity index (χ2n) is 4.93. The molecule has 0 bridgehead atoms. The lowest BCUT2D eigenvalue weighted by Crippen LogP contribution is -2.42. The molecule has 0 spiro atoms. The lowest BCUT2D eigenvalue weighted by Gasteiger charge is -2.23. The van der Waals surface area contributed by atoms with E-state index in [2.05, 4.69) is 48.0 Å². The standard InChI is InChI=1S/C13H24N4S.HI/c1-13(2,18-5)10-16-12(14-3)15-8-11-6-7-17(4)9-11;/h6-7,9H,8,10H2,1-5H3,(H2,14,15,16);1H. The van der Waals surface area contributed by atoms with Crippen molar-refractivity contribution < 1.29 is 0 Å². The van der Waals surface area contributed by atoms with Crippen LogP contribution in [-0.4, -0.2) is 35.1 Å². The first kappa shape index (κ1) is 18.6. The molecule has 6 heteroatoms. The van der Waals surface area contributed by atoms with Crippen LogP contribution in [0.3, 0.4) is 0 Å². The molecule has 1 aromatic rings. The molecule has 1 heterocycles. The molecule has 4 nitrogen and oxygen atoms in total. The summed E-state index contributed by atoms with van der Waals surface area (Å²) in [7, 11) is 3.82. The van der Waals surface area contributed by atoms with E-state index in [1.165, 1.54) is 5.56 Å². The maximum Gasteiger partial charge on any atom is 0.191 e. The van der Waals surface area contributed by atoms with Crippen LogP contribution < -0.4 is 10.6 Å². The van der Waals surface area contributed by atoms with Gasteiger partial charge in [-0.05, 0) is 31.7 Å². The summed E-state index contributed by atoms with van der Waals surface area (Å²) in [5.41, 5.74) is 1.25. The Labute approximate surface area is 137 Å². The third-order valence-corrected chi connectivity index (χ3v) is 4.06. The van der Waals surface area contributed by atoms with Gasteiger partial charge in [0.1, 0.15) is 0 Å². The van der Waals surface area contributed by atoms with Gasteiger partial charge >= 0.3 is 0 Å². The summed E-state index contributed by atoms with van der Waals surface area (Å²) in [5, 5.41) is 6.66. The van der Waals surface area contributed by atoms with Gasteiger partial charge in [0.05, 0.1) is 0 Å². The van der Waals surface area contributed by atoms with Gasteiger partial charge < -0.3 is 15.2 Å². The van der Waals surface area contributed by atoms with Crippen LogP contribution in [0.15, 0.2) is 23.5 Å². The van der Waals surface area contributed by atoms with E-state index in [-0.39, 0.29) is 28.7 Å². The Morgan fingerprint density at radius 1 is 1.42 bits per heavy atom. The van der Waals surface area contributed by atoms with Crippen molar-refractivity contribution in [2.75, 3.05) is 19.8 Å². The summed E-state index contributed by atoms with van der Waals surface area (Å²) >= 11 is 1.85. The molecular formula is C13H25IN4S. The van der Waals surface area contributed by atoms with Crippen LogP contribution in [0.25, 0.3) is 0 Å². The molecule has 2 N–H and O–H groups in total. The number of rotatable bonds is 5. The molecule has 0 saturated carbocycles. The van der Waals surface area contributed by atoms with E-state index < -0.39 is 0 Å². The Bertz CT molecular complexity index is 401. The minimum Gasteiger partial charge on any atom is -0.357 e. The Balaban J connectivity index is 0.00000324. The highest BCUT2D eigenvalue weighted by Crippen LogP contribution is 2.19. The quantitative estimate of drug-likeness (QED) is 0.457. The van der Waals surface area contributed by atoms with Crippen molar-refractivity contribution in [2.45, 2.75) is 25.1 Å². The topological polar surface area (TPSA) is 41.4 Å². The molecule has 110 valence electrons. The lowest BCUT2D eigenvalue weighted by atomic mass is 10.2. The van der Waals surface area contributed by atoms with Crippen LogP contribution in [0, 0.1) is 0 Å². The molecule has 0 aliphatic heterocycles. The number of hydrogen-bond donors (Lipinski definition) is 2. The molecule has 0 radical (unpaired) electrons. The molecule has 0 unspecified atom stereocenters. The van der Waals surface area contributed by atoms with E-state index in [1.807, 2.05) is 29.6 Å². The Morgan fingerprint density at radius 2 is 2.11 bits per heavy atom. The molecule has 0 aromatic carbocycles. The van der Waals surface area contributed by atoms with Gasteiger partial charge in [0.2, 0.25) is 0 Å². The molecule has 1 rings (SSSR count). The zero-order valence-corrected chi connectivity index (χ0v) is 15.5. The van der Waals surface area contributed by atoms with Gasteiger partial charge in [-0.25, -0.2) is 0 Å². The van der Waals surface area contributed by atoms with Crippen molar-refractivity contribution in [3.8, 4) is 0 Å². The number of nitrogens with zero attached hydrogens (tertiary/aromatic N) is 2. The number of guanidine groups is 1. The van der Waals surface area contributed by atoms with Gasteiger partial charge in [-0.3, -0.25) is 4.99 Å². The summed E-state index contributed by atoms with van der Waals surface area (Å²) in [5.74, 6) is 0.848. The van der Waals surface area contributed by atoms with Gasteiger partial charge in [-0.15, -0.1) is 24.0 Å². The van der Waals surface area contributed by atoms with Crippen LogP contribution >= 0.6 is 35.7 Å². The van der Waals surface area contributed by atoms with Crippen molar-refractivity contribution >= 4 is 41.7 Å². The summed E-state index contributed by atoms with van der Waals surface area (Å²) in [6.07, 6.45) is 6.28. The molecule has 0 aliphatic rings. The van der Waals surface area contributed by atoms with Crippen molar-refractivity contribution in [2.24, 2.45) is 12.0 Å². The van der Waals surface area contributed by atoms with Crippen molar-refractivity contribution in [1.82, 2.24) is 15.2 Å². The minimum absolute atomic E-state index is 0. The number of nitrogens with one attached hydrogen (secondary N) is 2. The molecule has 1 aromatic heterocycles. The van der Waals surface area contributed by atoms with Crippen LogP contribution in [0.4, 0.5) is 0 Å². The van der Waals surface area contributed by atoms with E-state index in [1.54, 1.807) is 7.05 Å². The molecule has 19 heavy (non-hydrogen) atoms. The lowest BCUT2D eigenvalue weighted by molar-refractivity contribution is 0.664. The van der Waals surface area contributed by atoms with Gasteiger partial charge in [0, 0.05) is 44.3 Å². The van der Waals surface area contributed by atoms with Gasteiger partial charge in [-0.1, -0.05) is 0 Å². The highest BCUT2D eigenvalue weighted by molar-refractivity contribution is 14.0. The smallest absolute Gasteiger partial charge is 0.191 e. The first-order valence-electron chi connectivity index (χ1n) is 6.07. The maximum absolute atomic E-state index is 4.23. The third kappa shape index (κ3) is 7.10. The number of aromatic nitrogens is 1. The normalized spacial score (nSPS) is 11.9. The molecule has 0 fully saturated rings. The van der Waals surface area contributed by atoms with Gasteiger partial charge in [0.25, 0.3) is 0 Å². The first-order chi connectivity index (χ1) is 8.46. The summed E-state index contributed by atoms with van der Waals surface area (Å²) < 4.78 is 2.26. The predicted octanol–water partition coefficient (Wildman–Crippen LogP) is 2.45. The zero-order valence-electron chi connectivity index (χ0n) is 12.4. The highest BCUT2D eigenvalue weighted by atomic mass is 127. The van der Waals surface area contributed by atoms with E-state index in [0.717, 1.165) is 19.0 Å². The summed E-state index contributed by atoms with van der Waals surface area (Å²) in [4.78, 5) is 4.23. The van der Waals surface area contributed by atoms with Crippen LogP contribution in [0.1, 0.15) is 19.4 Å². The van der Waals surface area contributed by atoms with E-state index in [9.17, 15) is 0 Å². The second kappa shape index (κ2) is 8.73. The van der Waals surface area contributed by atoms with Crippen molar-refractivity contribution in [1.29, 1.82) is 0 Å². The molecular weight excluding hydrogens is 371 g/mol. The average molecular weight is 396 g/mol. The summed E-state index contributed by atoms with van der Waals surface area (Å²) in [6.45, 7) is 6.12. The number of halogens is 1. The third-order valence-electron chi connectivity index (χ3n) is 2.81. The van der Waals surface area contributed by atoms with Crippen LogP contribution in [0.2, 0.25) is 0 Å². The number of aryl methyl sites for hydroxylation is 1. The fourth-order valence-corrected chi connectivity index (χ4v) is 1.66. The molecule has 0 saturated heterocycles. The van der Waals surface area contributed by atoms with Gasteiger partial charge in [-0.2, -0.15) is 11.8 Å². The molecule has 0 aliphatic carbocycles. The van der Waals surface area contributed by atoms with Crippen LogP contribution in [-0.2, 0) is 13.6 Å². The monoisotopic (exact) mass is 396 g/mol. The van der Waals surface area contributed by atoms with E-state index >= 15 is 0 Å². The van der Waals surface area contributed by atoms with Gasteiger partial charge in [0.15, 0.2) is 5.96 Å². The predicted molar refractivity (Wildman–Crippen MR) is 96.6 cm³/mol. The number of aliphatic imine (C=N–C) groups is 1. The number of hydrogen-bond acceptors (Lipinski definition) is 2. The largest absolute Gasteiger partial charge is 0.357 e. The first-order valence-corrected chi connectivity index (χ1v) is 7.30. The Hall–Kier alpha value is -0.370. The van der Waals surface area contributed by atoms with Crippen LogP contribution in [0.5, 0.6) is 0 Å². The van der Waals surface area contributed by atoms with E-state index in [0.29, 0.717) is 0 Å². The molecule has 0 amide bonds. The second-order valence-corrected chi connectivity index (χ2v) is 6.44. The Morgan fingerprint density at radius 3 is 2.58 bits per heavy atom. The highest BCUT2D eigenvalue weighted by Gasteiger charge is 2.15. The average Bonchev–Trinajstić information content (AvgIpc) is 2.75. The fraction of sp³-hybridized carbons (Fsp3) is 0.615. The van der Waals surface area contributed by atoms with Crippen molar-refractivity contribution in [3.05, 3.63) is 24.0 Å². The fourth-order valence-electron chi connectivity index (χ4n) is 1.44. The van der Waals surface area contributed by atoms with E-state index in [4.69, 9.17) is 0 Å². The number of thioether (sulfide) groups is 1.